The molecule has 0 spiro atoms. The molecular formula is C31H27Cl2N5O2S. The number of halogens is 2. The monoisotopic (exact) mass is 603 g/mol. The molecule has 6 rings (SSSR count). The fraction of sp³-hybridized carbons (Fsp3) is 0.194. The highest BCUT2D eigenvalue weighted by Gasteiger charge is 2.37. The molecule has 1 unspecified atom stereocenters. The number of nitrogens with two attached hydrogens (primary N) is 1. The van der Waals surface area contributed by atoms with Crippen LogP contribution >= 0.6 is 35.4 Å². The Kier molecular flexibility index (Phi) is 7.57. The van der Waals surface area contributed by atoms with Crippen molar-refractivity contribution in [2.45, 2.75) is 6.17 Å². The van der Waals surface area contributed by atoms with Gasteiger partial charge in [0, 0.05) is 57.8 Å². The van der Waals surface area contributed by atoms with Crippen LogP contribution in [0.4, 0.5) is 17.1 Å². The van der Waals surface area contributed by atoms with Crippen LogP contribution in [-0.4, -0.2) is 56.2 Å². The summed E-state index contributed by atoms with van der Waals surface area (Å²) in [6, 6.07) is 24.8. The molecule has 1 amide bonds. The third kappa shape index (κ3) is 5.02. The number of carbonyl (C=O) groups excluding carboxylic acids is 1. The Labute approximate surface area is 253 Å². The summed E-state index contributed by atoms with van der Waals surface area (Å²) in [7, 11) is 1.71. The topological polar surface area (TPSA) is 74.4 Å². The molecule has 1 fully saturated rings. The number of hydrogen-bond donors (Lipinski definition) is 1. The van der Waals surface area contributed by atoms with Crippen LogP contribution in [0.5, 0.6) is 0 Å². The van der Waals surface area contributed by atoms with Gasteiger partial charge < -0.3 is 20.3 Å². The van der Waals surface area contributed by atoms with Crippen LogP contribution in [0.25, 0.3) is 10.8 Å². The van der Waals surface area contributed by atoms with Gasteiger partial charge in [-0.1, -0.05) is 65.7 Å². The Morgan fingerprint density at radius 2 is 1.63 bits per heavy atom. The molecule has 0 aromatic heterocycles. The minimum absolute atomic E-state index is 0.0206. The molecule has 0 saturated carbocycles. The molecule has 10 heteroatoms. The van der Waals surface area contributed by atoms with Gasteiger partial charge in [0.25, 0.3) is 5.91 Å². The molecule has 2 heterocycles. The maximum Gasteiger partial charge on any atom is 0.272 e. The Balaban J connectivity index is 1.57. The largest absolute Gasteiger partial charge is 0.378 e. The number of likely N-dealkylation sites (N-methyl/N-ethyl adjacent to an activating group) is 1. The van der Waals surface area contributed by atoms with E-state index in [9.17, 15) is 4.79 Å². The number of ether oxygens (including phenoxy) is 1. The molecule has 208 valence electrons. The van der Waals surface area contributed by atoms with Crippen molar-refractivity contribution in [1.29, 1.82) is 0 Å². The molecule has 2 aliphatic rings. The van der Waals surface area contributed by atoms with Crippen molar-refractivity contribution < 1.29 is 9.53 Å². The SMILES string of the molecule is CN1C(=O)C(N(C(N)=S)c2ccc(N3CCOCC3)c3ccccc23)N=C(c2ccccc2Cl)c2cc(Cl)ccc21. The number of hydrogen-bond acceptors (Lipinski definition) is 5. The zero-order valence-electron chi connectivity index (χ0n) is 22.3. The van der Waals surface area contributed by atoms with E-state index < -0.39 is 6.17 Å². The lowest BCUT2D eigenvalue weighted by molar-refractivity contribution is -0.119. The van der Waals surface area contributed by atoms with E-state index in [1.54, 1.807) is 35.0 Å². The predicted octanol–water partition coefficient (Wildman–Crippen LogP) is 5.87. The third-order valence-corrected chi connectivity index (χ3v) is 8.24. The van der Waals surface area contributed by atoms with Gasteiger partial charge in [-0.25, -0.2) is 4.99 Å². The van der Waals surface area contributed by atoms with E-state index in [4.69, 9.17) is 50.9 Å². The highest BCUT2D eigenvalue weighted by atomic mass is 35.5. The molecule has 0 bridgehead atoms. The number of amides is 1. The Morgan fingerprint density at radius 1 is 0.951 bits per heavy atom. The maximum atomic E-state index is 14.2. The lowest BCUT2D eigenvalue weighted by Crippen LogP contribution is -2.51. The summed E-state index contributed by atoms with van der Waals surface area (Å²) in [6.45, 7) is 2.92. The molecule has 1 atom stereocenters. The van der Waals surface area contributed by atoms with Crippen LogP contribution in [0.3, 0.4) is 0 Å². The van der Waals surface area contributed by atoms with Crippen molar-refractivity contribution >= 4 is 80.0 Å². The molecule has 2 N–H and O–H groups in total. The Bertz CT molecular complexity index is 1710. The normalized spacial score (nSPS) is 17.2. The van der Waals surface area contributed by atoms with Gasteiger partial charge in [-0.2, -0.15) is 0 Å². The van der Waals surface area contributed by atoms with Gasteiger partial charge in [0.1, 0.15) is 0 Å². The van der Waals surface area contributed by atoms with Crippen molar-refractivity contribution in [3.8, 4) is 0 Å². The van der Waals surface area contributed by atoms with E-state index in [1.165, 1.54) is 0 Å². The smallest absolute Gasteiger partial charge is 0.272 e. The second-order valence-electron chi connectivity index (χ2n) is 9.85. The fourth-order valence-electron chi connectivity index (χ4n) is 5.49. The van der Waals surface area contributed by atoms with E-state index in [1.807, 2.05) is 54.6 Å². The summed E-state index contributed by atoms with van der Waals surface area (Å²) >= 11 is 18.7. The molecule has 7 nitrogen and oxygen atoms in total. The van der Waals surface area contributed by atoms with Crippen molar-refractivity contribution in [2.24, 2.45) is 10.7 Å². The van der Waals surface area contributed by atoms with Crippen molar-refractivity contribution in [3.63, 3.8) is 0 Å². The number of thiocarbonyl (C=S) groups is 1. The first-order valence-electron chi connectivity index (χ1n) is 13.2. The van der Waals surface area contributed by atoms with Crippen molar-refractivity contribution in [2.75, 3.05) is 48.1 Å². The summed E-state index contributed by atoms with van der Waals surface area (Å²) in [6.07, 6.45) is -1.10. The van der Waals surface area contributed by atoms with E-state index in [0.717, 1.165) is 29.5 Å². The molecular weight excluding hydrogens is 577 g/mol. The van der Waals surface area contributed by atoms with E-state index in [-0.39, 0.29) is 11.0 Å². The quantitative estimate of drug-likeness (QED) is 0.294. The first-order valence-corrected chi connectivity index (χ1v) is 14.3. The first kappa shape index (κ1) is 27.5. The highest BCUT2D eigenvalue weighted by molar-refractivity contribution is 7.80. The average molecular weight is 605 g/mol. The van der Waals surface area contributed by atoms with Gasteiger partial charge in [-0.05, 0) is 48.6 Å². The standard InChI is InChI=1S/C31H27Cl2N5O2S/c1-36-25-11-10-19(32)18-23(25)28(22-8-4-5-9-24(22)33)35-29(30(36)39)38(31(34)41)27-13-12-26(37-14-16-40-17-15-37)20-6-2-3-7-21(20)27/h2-13,18,29H,14-17H2,1H3,(H2,34,41). The maximum absolute atomic E-state index is 14.2. The summed E-state index contributed by atoms with van der Waals surface area (Å²) in [5.74, 6) is -0.301. The number of nitrogens with zero attached hydrogens (tertiary/aromatic N) is 4. The van der Waals surface area contributed by atoms with Crippen molar-refractivity contribution in [3.05, 3.63) is 100 Å². The first-order chi connectivity index (χ1) is 19.8. The van der Waals surface area contributed by atoms with Crippen LogP contribution in [0, 0.1) is 0 Å². The molecule has 4 aromatic rings. The van der Waals surface area contributed by atoms with Crippen LogP contribution in [0.2, 0.25) is 10.0 Å². The number of aliphatic imine (C=N–C) groups is 1. The summed E-state index contributed by atoms with van der Waals surface area (Å²) in [4.78, 5) is 24.8. The van der Waals surface area contributed by atoms with Crippen LogP contribution < -0.4 is 20.4 Å². The molecule has 1 saturated heterocycles. The Morgan fingerprint density at radius 3 is 2.37 bits per heavy atom. The molecule has 4 aromatic carbocycles. The van der Waals surface area contributed by atoms with E-state index in [2.05, 4.69) is 11.0 Å². The fourth-order valence-corrected chi connectivity index (χ4v) is 6.09. The second-order valence-corrected chi connectivity index (χ2v) is 11.1. The zero-order valence-corrected chi connectivity index (χ0v) is 24.6. The number of fused-ring (bicyclic) bond motifs is 2. The summed E-state index contributed by atoms with van der Waals surface area (Å²) < 4.78 is 5.57. The van der Waals surface area contributed by atoms with Gasteiger partial charge in [0.15, 0.2) is 5.11 Å². The van der Waals surface area contributed by atoms with Gasteiger partial charge in [-0.3, -0.25) is 9.69 Å². The van der Waals surface area contributed by atoms with Crippen molar-refractivity contribution in [1.82, 2.24) is 0 Å². The Hall–Kier alpha value is -3.69. The van der Waals surface area contributed by atoms with E-state index in [0.29, 0.717) is 51.5 Å². The molecule has 0 aliphatic carbocycles. The van der Waals surface area contributed by atoms with Gasteiger partial charge >= 0.3 is 0 Å². The average Bonchev–Trinajstić information content (AvgIpc) is 3.08. The van der Waals surface area contributed by atoms with Gasteiger partial charge in [-0.15, -0.1) is 0 Å². The van der Waals surface area contributed by atoms with Crippen LogP contribution in [0.1, 0.15) is 11.1 Å². The van der Waals surface area contributed by atoms with E-state index >= 15 is 0 Å². The minimum atomic E-state index is -1.10. The van der Waals surface area contributed by atoms with Crippen LogP contribution in [-0.2, 0) is 9.53 Å². The predicted molar refractivity (Wildman–Crippen MR) is 172 cm³/mol. The molecule has 0 radical (unpaired) electrons. The number of morpholine rings is 1. The number of carbonyl (C=O) groups is 1. The minimum Gasteiger partial charge on any atom is -0.378 e. The number of benzene rings is 4. The van der Waals surface area contributed by atoms with Gasteiger partial charge in [0.05, 0.1) is 30.3 Å². The number of anilines is 3. The van der Waals surface area contributed by atoms with Crippen LogP contribution in [0.15, 0.2) is 83.9 Å². The molecule has 2 aliphatic heterocycles. The number of benzodiazepines with no additional fused rings is 1. The third-order valence-electron chi connectivity index (χ3n) is 7.48. The zero-order chi connectivity index (χ0) is 28.7. The summed E-state index contributed by atoms with van der Waals surface area (Å²) in [5.41, 5.74) is 10.7. The lowest BCUT2D eigenvalue weighted by atomic mass is 10.00. The highest BCUT2D eigenvalue weighted by Crippen LogP contribution is 2.38. The van der Waals surface area contributed by atoms with Gasteiger partial charge in [0.2, 0.25) is 6.17 Å². The molecule has 41 heavy (non-hydrogen) atoms. The number of rotatable bonds is 4. The lowest BCUT2D eigenvalue weighted by Gasteiger charge is -2.33. The second kappa shape index (κ2) is 11.3. The summed E-state index contributed by atoms with van der Waals surface area (Å²) in [5, 5.41) is 2.95.